The molecule has 15 heavy (non-hydrogen) atoms. The van der Waals surface area contributed by atoms with E-state index in [-0.39, 0.29) is 16.9 Å². The fraction of sp³-hybridized carbons (Fsp3) is 0.500. The molecule has 0 saturated carbocycles. The number of hydrogen-bond donors (Lipinski definition) is 1. The number of hydrogen-bond acceptors (Lipinski definition) is 1. The minimum Gasteiger partial charge on any atom is -0.324 e. The maximum Gasteiger partial charge on any atom is 0.142 e. The Labute approximate surface area is 95.4 Å². The molecule has 0 aromatic heterocycles. The van der Waals surface area contributed by atoms with Crippen molar-refractivity contribution in [1.29, 1.82) is 0 Å². The first-order valence-corrected chi connectivity index (χ1v) is 5.73. The third-order valence-electron chi connectivity index (χ3n) is 2.49. The predicted octanol–water partition coefficient (Wildman–Crippen LogP) is 4.06. The number of rotatable bonds is 5. The summed E-state index contributed by atoms with van der Waals surface area (Å²) in [5, 5.41) is 0.152. The second-order valence-corrected chi connectivity index (χ2v) is 4.18. The zero-order chi connectivity index (χ0) is 11.3. The lowest BCUT2D eigenvalue weighted by Gasteiger charge is -2.11. The monoisotopic (exact) mass is 229 g/mol. The van der Waals surface area contributed by atoms with Crippen molar-refractivity contribution in [2.75, 3.05) is 0 Å². The molecule has 0 fully saturated rings. The molecule has 0 amide bonds. The van der Waals surface area contributed by atoms with E-state index in [1.54, 1.807) is 12.1 Å². The molecule has 0 bridgehead atoms. The average Bonchev–Trinajstić information content (AvgIpc) is 2.22. The Balaban J connectivity index is 2.57. The molecular weight excluding hydrogens is 213 g/mol. The van der Waals surface area contributed by atoms with Crippen molar-refractivity contribution in [2.45, 2.75) is 38.6 Å². The van der Waals surface area contributed by atoms with Crippen LogP contribution in [0.1, 0.15) is 44.2 Å². The van der Waals surface area contributed by atoms with Gasteiger partial charge in [-0.15, -0.1) is 0 Å². The molecular formula is C12H17ClFN. The molecule has 0 saturated heterocycles. The Morgan fingerprint density at radius 1 is 1.40 bits per heavy atom. The second-order valence-electron chi connectivity index (χ2n) is 3.78. The van der Waals surface area contributed by atoms with Crippen LogP contribution in [0.5, 0.6) is 0 Å². The number of benzene rings is 1. The molecule has 0 unspecified atom stereocenters. The van der Waals surface area contributed by atoms with Crippen LogP contribution in [0.3, 0.4) is 0 Å². The van der Waals surface area contributed by atoms with Crippen LogP contribution in [0.15, 0.2) is 18.2 Å². The first-order valence-electron chi connectivity index (χ1n) is 5.35. The molecule has 1 rings (SSSR count). The predicted molar refractivity (Wildman–Crippen MR) is 62.5 cm³/mol. The van der Waals surface area contributed by atoms with Crippen LogP contribution in [0.2, 0.25) is 5.02 Å². The molecule has 0 aliphatic carbocycles. The van der Waals surface area contributed by atoms with E-state index in [0.717, 1.165) is 18.4 Å². The van der Waals surface area contributed by atoms with Crippen LogP contribution < -0.4 is 5.73 Å². The summed E-state index contributed by atoms with van der Waals surface area (Å²) in [5.41, 5.74) is 6.77. The van der Waals surface area contributed by atoms with Crippen molar-refractivity contribution < 1.29 is 4.39 Å². The van der Waals surface area contributed by atoms with Gasteiger partial charge in [0.1, 0.15) is 5.82 Å². The largest absolute Gasteiger partial charge is 0.324 e. The van der Waals surface area contributed by atoms with Crippen molar-refractivity contribution in [2.24, 2.45) is 5.73 Å². The Hall–Kier alpha value is -0.600. The SMILES string of the molecule is CCCCC[C@H](N)c1ccc(Cl)c(F)c1. The van der Waals surface area contributed by atoms with Gasteiger partial charge in [0.05, 0.1) is 5.02 Å². The lowest BCUT2D eigenvalue weighted by molar-refractivity contribution is 0.572. The highest BCUT2D eigenvalue weighted by molar-refractivity contribution is 6.30. The van der Waals surface area contributed by atoms with E-state index in [0.29, 0.717) is 0 Å². The number of nitrogens with two attached hydrogens (primary N) is 1. The van der Waals surface area contributed by atoms with Gasteiger partial charge in [-0.25, -0.2) is 4.39 Å². The first kappa shape index (κ1) is 12.5. The standard InChI is InChI=1S/C12H17ClFN/c1-2-3-4-5-12(15)9-6-7-10(13)11(14)8-9/h6-8,12H,2-5,15H2,1H3/t12-/m0/s1. The second kappa shape index (κ2) is 6.09. The molecule has 0 radical (unpaired) electrons. The first-order chi connectivity index (χ1) is 7.15. The molecule has 84 valence electrons. The van der Waals surface area contributed by atoms with Gasteiger partial charge in [-0.1, -0.05) is 43.9 Å². The summed E-state index contributed by atoms with van der Waals surface area (Å²) in [6, 6.07) is 4.70. The average molecular weight is 230 g/mol. The zero-order valence-electron chi connectivity index (χ0n) is 8.97. The van der Waals surface area contributed by atoms with Crippen molar-refractivity contribution in [3.8, 4) is 0 Å². The molecule has 2 N–H and O–H groups in total. The van der Waals surface area contributed by atoms with E-state index in [4.69, 9.17) is 17.3 Å². The van der Waals surface area contributed by atoms with E-state index in [1.165, 1.54) is 18.9 Å². The topological polar surface area (TPSA) is 26.0 Å². The van der Waals surface area contributed by atoms with Gasteiger partial charge in [-0.2, -0.15) is 0 Å². The van der Waals surface area contributed by atoms with E-state index < -0.39 is 0 Å². The molecule has 1 atom stereocenters. The number of unbranched alkanes of at least 4 members (excludes halogenated alkanes) is 2. The fourth-order valence-electron chi connectivity index (χ4n) is 1.52. The minimum atomic E-state index is -0.389. The third kappa shape index (κ3) is 3.80. The molecule has 3 heteroatoms. The summed E-state index contributed by atoms with van der Waals surface area (Å²) in [5.74, 6) is -0.389. The van der Waals surface area contributed by atoms with E-state index in [9.17, 15) is 4.39 Å². The maximum atomic E-state index is 13.1. The van der Waals surface area contributed by atoms with E-state index in [1.807, 2.05) is 0 Å². The molecule has 0 aliphatic rings. The summed E-state index contributed by atoms with van der Waals surface area (Å²) in [4.78, 5) is 0. The Bertz CT molecular complexity index is 314. The van der Waals surface area contributed by atoms with Crippen molar-refractivity contribution in [3.05, 3.63) is 34.6 Å². The summed E-state index contributed by atoms with van der Waals surface area (Å²) >= 11 is 5.60. The van der Waals surface area contributed by atoms with Crippen molar-refractivity contribution in [1.82, 2.24) is 0 Å². The Morgan fingerprint density at radius 3 is 2.73 bits per heavy atom. The van der Waals surface area contributed by atoms with Gasteiger partial charge in [0.15, 0.2) is 0 Å². The summed E-state index contributed by atoms with van der Waals surface area (Å²) < 4.78 is 13.1. The summed E-state index contributed by atoms with van der Waals surface area (Å²) in [6.45, 7) is 2.15. The van der Waals surface area contributed by atoms with Gasteiger partial charge in [-0.05, 0) is 24.1 Å². The lowest BCUT2D eigenvalue weighted by Crippen LogP contribution is -2.10. The van der Waals surface area contributed by atoms with Crippen molar-refractivity contribution in [3.63, 3.8) is 0 Å². The molecule has 1 aromatic rings. The van der Waals surface area contributed by atoms with Crippen LogP contribution in [-0.4, -0.2) is 0 Å². The molecule has 0 heterocycles. The molecule has 1 aromatic carbocycles. The highest BCUT2D eigenvalue weighted by Crippen LogP contribution is 2.22. The van der Waals surface area contributed by atoms with Gasteiger partial charge >= 0.3 is 0 Å². The van der Waals surface area contributed by atoms with Crippen LogP contribution >= 0.6 is 11.6 Å². The Morgan fingerprint density at radius 2 is 2.13 bits per heavy atom. The quantitative estimate of drug-likeness (QED) is 0.758. The minimum absolute atomic E-state index is 0.0803. The zero-order valence-corrected chi connectivity index (χ0v) is 9.73. The van der Waals surface area contributed by atoms with Crippen LogP contribution in [0.25, 0.3) is 0 Å². The van der Waals surface area contributed by atoms with Crippen LogP contribution in [-0.2, 0) is 0 Å². The van der Waals surface area contributed by atoms with Crippen LogP contribution in [0.4, 0.5) is 4.39 Å². The molecule has 0 aliphatic heterocycles. The fourth-order valence-corrected chi connectivity index (χ4v) is 1.64. The highest BCUT2D eigenvalue weighted by atomic mass is 35.5. The smallest absolute Gasteiger partial charge is 0.142 e. The third-order valence-corrected chi connectivity index (χ3v) is 2.80. The van der Waals surface area contributed by atoms with Gasteiger partial charge in [0.2, 0.25) is 0 Å². The normalized spacial score (nSPS) is 12.8. The van der Waals surface area contributed by atoms with E-state index >= 15 is 0 Å². The van der Waals surface area contributed by atoms with Gasteiger partial charge < -0.3 is 5.73 Å². The Kier molecular flexibility index (Phi) is 5.06. The van der Waals surface area contributed by atoms with Gasteiger partial charge in [-0.3, -0.25) is 0 Å². The van der Waals surface area contributed by atoms with Crippen molar-refractivity contribution >= 4 is 11.6 Å². The molecule has 1 nitrogen and oxygen atoms in total. The maximum absolute atomic E-state index is 13.1. The van der Waals surface area contributed by atoms with Gasteiger partial charge in [0, 0.05) is 6.04 Å². The number of halogens is 2. The molecule has 0 spiro atoms. The van der Waals surface area contributed by atoms with E-state index in [2.05, 4.69) is 6.92 Å². The summed E-state index contributed by atoms with van der Waals surface area (Å²) in [7, 11) is 0. The lowest BCUT2D eigenvalue weighted by atomic mass is 10.0. The highest BCUT2D eigenvalue weighted by Gasteiger charge is 2.08. The van der Waals surface area contributed by atoms with Gasteiger partial charge in [0.25, 0.3) is 0 Å². The summed E-state index contributed by atoms with van der Waals surface area (Å²) in [6.07, 6.45) is 4.32. The van der Waals surface area contributed by atoms with Crippen LogP contribution in [0, 0.1) is 5.82 Å².